The molecule has 1 atom stereocenters. The Balaban J connectivity index is 1.96. The fourth-order valence-electron chi connectivity index (χ4n) is 4.16. The van der Waals surface area contributed by atoms with Gasteiger partial charge in [0.25, 0.3) is 0 Å². The maximum Gasteiger partial charge on any atom is 0.243 e. The Hall–Kier alpha value is -4.04. The Morgan fingerprint density at radius 1 is 0.842 bits per heavy atom. The van der Waals surface area contributed by atoms with Crippen molar-refractivity contribution in [3.63, 3.8) is 0 Å². The zero-order valence-corrected chi connectivity index (χ0v) is 22.2. The summed E-state index contributed by atoms with van der Waals surface area (Å²) in [5.41, 5.74) is 2.55. The fourth-order valence-corrected chi connectivity index (χ4v) is 4.16. The first-order valence-corrected chi connectivity index (χ1v) is 12.5. The van der Waals surface area contributed by atoms with Crippen molar-refractivity contribution in [2.24, 2.45) is 0 Å². The second-order valence-corrected chi connectivity index (χ2v) is 8.81. The van der Waals surface area contributed by atoms with Crippen LogP contribution in [0.5, 0.6) is 17.2 Å². The van der Waals surface area contributed by atoms with Crippen molar-refractivity contribution in [1.82, 2.24) is 10.2 Å². The highest BCUT2D eigenvalue weighted by Crippen LogP contribution is 2.28. The third-order valence-corrected chi connectivity index (χ3v) is 6.22. The standard InChI is InChI=1S/C30H36N2O6/c1-36-25-13-10-23(11-14-25)21-32(29(34)20-24-12-15-27(37-2)28(19-24)38-3)26(30(35)31-16-7-17-33)18-22-8-5-4-6-9-22/h4-6,8-15,19,26,33H,7,16-18,20-21H2,1-3H3,(H,31,35)/t26-/m0/s1. The van der Waals surface area contributed by atoms with Crippen LogP contribution in [0.3, 0.4) is 0 Å². The number of carbonyl (C=O) groups excluding carboxylic acids is 2. The van der Waals surface area contributed by atoms with E-state index in [9.17, 15) is 14.7 Å². The third kappa shape index (κ3) is 7.98. The summed E-state index contributed by atoms with van der Waals surface area (Å²) in [4.78, 5) is 28.9. The van der Waals surface area contributed by atoms with E-state index in [1.54, 1.807) is 38.4 Å². The highest BCUT2D eigenvalue weighted by molar-refractivity contribution is 5.88. The number of nitrogens with one attached hydrogen (secondary N) is 1. The van der Waals surface area contributed by atoms with E-state index < -0.39 is 6.04 Å². The molecule has 202 valence electrons. The molecule has 3 aromatic carbocycles. The predicted molar refractivity (Wildman–Crippen MR) is 145 cm³/mol. The monoisotopic (exact) mass is 520 g/mol. The lowest BCUT2D eigenvalue weighted by atomic mass is 10.0. The summed E-state index contributed by atoms with van der Waals surface area (Å²) < 4.78 is 16.0. The number of ether oxygens (including phenoxy) is 3. The molecule has 0 aliphatic heterocycles. The normalized spacial score (nSPS) is 11.4. The van der Waals surface area contributed by atoms with Gasteiger partial charge in [-0.3, -0.25) is 9.59 Å². The van der Waals surface area contributed by atoms with Gasteiger partial charge in [-0.1, -0.05) is 48.5 Å². The van der Waals surface area contributed by atoms with Crippen molar-refractivity contribution >= 4 is 11.8 Å². The van der Waals surface area contributed by atoms with Gasteiger partial charge >= 0.3 is 0 Å². The molecule has 38 heavy (non-hydrogen) atoms. The molecule has 2 amide bonds. The highest BCUT2D eigenvalue weighted by atomic mass is 16.5. The molecule has 3 rings (SSSR count). The van der Waals surface area contributed by atoms with Crippen molar-refractivity contribution in [3.8, 4) is 17.2 Å². The van der Waals surface area contributed by atoms with E-state index in [2.05, 4.69) is 5.32 Å². The van der Waals surface area contributed by atoms with Gasteiger partial charge in [0.15, 0.2) is 11.5 Å². The van der Waals surface area contributed by atoms with Crippen molar-refractivity contribution in [1.29, 1.82) is 0 Å². The van der Waals surface area contributed by atoms with E-state index in [0.717, 1.165) is 16.7 Å². The Labute approximate surface area is 224 Å². The van der Waals surface area contributed by atoms with Gasteiger partial charge in [0.2, 0.25) is 11.8 Å². The second-order valence-electron chi connectivity index (χ2n) is 8.81. The SMILES string of the molecule is COc1ccc(CN(C(=O)Cc2ccc(OC)c(OC)c2)[C@@H](Cc2ccccc2)C(=O)NCCCO)cc1. The summed E-state index contributed by atoms with van der Waals surface area (Å²) in [6, 6.07) is 21.7. The van der Waals surface area contributed by atoms with Crippen molar-refractivity contribution in [2.75, 3.05) is 34.5 Å². The molecule has 0 radical (unpaired) electrons. The van der Waals surface area contributed by atoms with E-state index >= 15 is 0 Å². The van der Waals surface area contributed by atoms with Gasteiger partial charge in [-0.05, 0) is 47.4 Å². The lowest BCUT2D eigenvalue weighted by Crippen LogP contribution is -2.51. The van der Waals surface area contributed by atoms with Crippen molar-refractivity contribution < 1.29 is 28.9 Å². The van der Waals surface area contributed by atoms with Crippen LogP contribution >= 0.6 is 0 Å². The topological polar surface area (TPSA) is 97.3 Å². The van der Waals surface area contributed by atoms with E-state index in [1.807, 2.05) is 60.7 Å². The molecule has 0 bridgehead atoms. The molecule has 0 heterocycles. The Kier molecular flexibility index (Phi) is 11.0. The molecule has 0 spiro atoms. The molecule has 0 aliphatic rings. The van der Waals surface area contributed by atoms with Gasteiger partial charge in [-0.2, -0.15) is 0 Å². The Morgan fingerprint density at radius 3 is 2.16 bits per heavy atom. The zero-order valence-electron chi connectivity index (χ0n) is 22.2. The van der Waals surface area contributed by atoms with Crippen LogP contribution in [0.25, 0.3) is 0 Å². The Bertz CT molecular complexity index is 1170. The quantitative estimate of drug-likeness (QED) is 0.316. The first-order chi connectivity index (χ1) is 18.5. The van der Waals surface area contributed by atoms with Crippen LogP contribution < -0.4 is 19.5 Å². The number of benzene rings is 3. The van der Waals surface area contributed by atoms with Gasteiger partial charge in [0.05, 0.1) is 27.8 Å². The number of rotatable bonds is 14. The lowest BCUT2D eigenvalue weighted by Gasteiger charge is -2.32. The summed E-state index contributed by atoms with van der Waals surface area (Å²) in [7, 11) is 4.70. The summed E-state index contributed by atoms with van der Waals surface area (Å²) in [6.07, 6.45) is 0.854. The highest BCUT2D eigenvalue weighted by Gasteiger charge is 2.30. The maximum atomic E-state index is 13.9. The average molecular weight is 521 g/mol. The van der Waals surface area contributed by atoms with Gasteiger partial charge in [0, 0.05) is 26.1 Å². The molecule has 0 unspecified atom stereocenters. The number of hydrogen-bond donors (Lipinski definition) is 2. The first-order valence-electron chi connectivity index (χ1n) is 12.5. The smallest absolute Gasteiger partial charge is 0.243 e. The molecule has 0 aliphatic carbocycles. The molecule has 0 saturated carbocycles. The molecular weight excluding hydrogens is 484 g/mol. The van der Waals surface area contributed by atoms with Gasteiger partial charge < -0.3 is 29.5 Å². The second kappa shape index (κ2) is 14.6. The molecule has 3 aromatic rings. The number of aliphatic hydroxyl groups is 1. The zero-order chi connectivity index (χ0) is 27.3. The minimum absolute atomic E-state index is 0.0303. The number of nitrogens with zero attached hydrogens (tertiary/aromatic N) is 1. The van der Waals surface area contributed by atoms with Crippen molar-refractivity contribution in [3.05, 3.63) is 89.5 Å². The minimum Gasteiger partial charge on any atom is -0.497 e. The van der Waals surface area contributed by atoms with Crippen LogP contribution in [0.15, 0.2) is 72.8 Å². The fraction of sp³-hybridized carbons (Fsp3) is 0.333. The largest absolute Gasteiger partial charge is 0.497 e. The third-order valence-electron chi connectivity index (χ3n) is 6.22. The van der Waals surface area contributed by atoms with Crippen molar-refractivity contribution in [2.45, 2.75) is 31.8 Å². The lowest BCUT2D eigenvalue weighted by molar-refractivity contribution is -0.140. The van der Waals surface area contributed by atoms with Gasteiger partial charge in [0.1, 0.15) is 11.8 Å². The average Bonchev–Trinajstić information content (AvgIpc) is 2.95. The number of carbonyl (C=O) groups is 2. The van der Waals surface area contributed by atoms with E-state index in [4.69, 9.17) is 14.2 Å². The summed E-state index contributed by atoms with van der Waals surface area (Å²) in [6.45, 7) is 0.527. The summed E-state index contributed by atoms with van der Waals surface area (Å²) >= 11 is 0. The van der Waals surface area contributed by atoms with Gasteiger partial charge in [-0.15, -0.1) is 0 Å². The molecule has 8 heteroatoms. The molecule has 0 saturated heterocycles. The van der Waals surface area contributed by atoms with Crippen LogP contribution in [-0.4, -0.2) is 62.3 Å². The number of methoxy groups -OCH3 is 3. The number of aliphatic hydroxyl groups excluding tert-OH is 1. The summed E-state index contributed by atoms with van der Waals surface area (Å²) in [5, 5.41) is 12.1. The van der Waals surface area contributed by atoms with Crippen LogP contribution in [-0.2, 0) is 29.0 Å². The van der Waals surface area contributed by atoms with Crippen LogP contribution in [0.4, 0.5) is 0 Å². The number of amides is 2. The Morgan fingerprint density at radius 2 is 1.53 bits per heavy atom. The van der Waals surface area contributed by atoms with Crippen LogP contribution in [0.1, 0.15) is 23.1 Å². The summed E-state index contributed by atoms with van der Waals surface area (Å²) in [5.74, 6) is 1.34. The predicted octanol–water partition coefficient (Wildman–Crippen LogP) is 3.39. The maximum absolute atomic E-state index is 13.9. The van der Waals surface area contributed by atoms with Crippen LogP contribution in [0, 0.1) is 0 Å². The number of hydrogen-bond acceptors (Lipinski definition) is 6. The van der Waals surface area contributed by atoms with E-state index in [0.29, 0.717) is 36.6 Å². The van der Waals surface area contributed by atoms with E-state index in [1.165, 1.54) is 0 Å². The van der Waals surface area contributed by atoms with E-state index in [-0.39, 0.29) is 31.4 Å². The molecule has 8 nitrogen and oxygen atoms in total. The molecule has 2 N–H and O–H groups in total. The van der Waals surface area contributed by atoms with Gasteiger partial charge in [-0.25, -0.2) is 0 Å². The minimum atomic E-state index is -0.758. The first kappa shape index (κ1) is 28.5. The molecule has 0 aromatic heterocycles. The molecular formula is C30H36N2O6. The molecule has 0 fully saturated rings. The van der Waals surface area contributed by atoms with Crippen LogP contribution in [0.2, 0.25) is 0 Å².